The van der Waals surface area contributed by atoms with Gasteiger partial charge in [0.05, 0.1) is 27.2 Å². The number of aliphatic imine (C=N–C) groups is 1. The fourth-order valence-corrected chi connectivity index (χ4v) is 5.12. The molecule has 0 aliphatic carbocycles. The summed E-state index contributed by atoms with van der Waals surface area (Å²) < 4.78 is 27.6. The van der Waals surface area contributed by atoms with Crippen molar-refractivity contribution in [3.8, 4) is 0 Å². The maximum Gasteiger partial charge on any atom is 0.261 e. The summed E-state index contributed by atoms with van der Waals surface area (Å²) in [5, 5.41) is 3.58. The molecule has 9 heteroatoms. The molecule has 134 valence electrons. The fraction of sp³-hybridized carbons (Fsp3) is 0.118. The summed E-state index contributed by atoms with van der Waals surface area (Å²) in [6, 6.07) is 11.5. The normalized spacial score (nSPS) is 16.3. The molecule has 2 aliphatic rings. The van der Waals surface area contributed by atoms with E-state index in [1.54, 1.807) is 23.9 Å². The first-order valence-electron chi connectivity index (χ1n) is 7.71. The van der Waals surface area contributed by atoms with Gasteiger partial charge in [-0.15, -0.1) is 0 Å². The summed E-state index contributed by atoms with van der Waals surface area (Å²) in [4.78, 5) is 6.65. The Hall–Kier alpha value is -1.67. The molecular formula is C17H13Cl2N3O2S2. The molecule has 0 aromatic heterocycles. The van der Waals surface area contributed by atoms with Gasteiger partial charge in [0, 0.05) is 17.6 Å². The minimum atomic E-state index is -3.74. The number of hydrogen-bond donors (Lipinski definition) is 1. The molecule has 5 nitrogen and oxygen atoms in total. The van der Waals surface area contributed by atoms with E-state index in [-0.39, 0.29) is 9.92 Å². The zero-order valence-corrected chi connectivity index (χ0v) is 16.5. The van der Waals surface area contributed by atoms with Crippen molar-refractivity contribution in [2.24, 2.45) is 4.99 Å². The van der Waals surface area contributed by atoms with Crippen LogP contribution in [0.3, 0.4) is 0 Å². The second-order valence-electron chi connectivity index (χ2n) is 5.70. The molecule has 0 bridgehead atoms. The number of sulfonamides is 1. The lowest BCUT2D eigenvalue weighted by Gasteiger charge is -2.17. The van der Waals surface area contributed by atoms with Crippen molar-refractivity contribution >= 4 is 61.5 Å². The van der Waals surface area contributed by atoms with Crippen LogP contribution in [0.25, 0.3) is 5.70 Å². The Balaban J connectivity index is 1.54. The largest absolute Gasteiger partial charge is 0.318 e. The van der Waals surface area contributed by atoms with Gasteiger partial charge in [-0.2, -0.15) is 0 Å². The predicted octanol–water partition coefficient (Wildman–Crippen LogP) is 4.51. The maximum atomic E-state index is 12.5. The standard InChI is InChI=1S/C17H13Cl2N3O2S2/c18-14-6-5-13(9-15(14)19)26(23,24)21-12-3-1-11(2-4-12)16-10-25-17-20-7-8-22(16)17/h1-6,9-10,21H,7-8H2. The van der Waals surface area contributed by atoms with Crippen LogP contribution in [0.15, 0.2) is 57.8 Å². The van der Waals surface area contributed by atoms with Crippen LogP contribution in [0.4, 0.5) is 5.69 Å². The van der Waals surface area contributed by atoms with Crippen molar-refractivity contribution in [2.45, 2.75) is 4.90 Å². The SMILES string of the molecule is O=S(=O)(Nc1ccc(C2=CSC3=NCCN23)cc1)c1ccc(Cl)c(Cl)c1. The van der Waals surface area contributed by atoms with E-state index in [1.807, 2.05) is 12.1 Å². The fourth-order valence-electron chi connectivity index (χ4n) is 2.71. The van der Waals surface area contributed by atoms with Gasteiger partial charge in [0.15, 0.2) is 5.17 Å². The van der Waals surface area contributed by atoms with E-state index < -0.39 is 10.0 Å². The maximum absolute atomic E-state index is 12.5. The van der Waals surface area contributed by atoms with Crippen LogP contribution in [0, 0.1) is 0 Å². The van der Waals surface area contributed by atoms with Gasteiger partial charge in [-0.05, 0) is 35.9 Å². The van der Waals surface area contributed by atoms with E-state index in [2.05, 4.69) is 20.0 Å². The minimum absolute atomic E-state index is 0.0591. The van der Waals surface area contributed by atoms with E-state index >= 15 is 0 Å². The summed E-state index contributed by atoms with van der Waals surface area (Å²) in [7, 11) is -3.74. The first-order valence-corrected chi connectivity index (χ1v) is 10.8. The summed E-state index contributed by atoms with van der Waals surface area (Å²) in [6.07, 6.45) is 0. The number of thioether (sulfide) groups is 1. The highest BCUT2D eigenvalue weighted by Gasteiger charge is 2.27. The van der Waals surface area contributed by atoms with Crippen LogP contribution in [-0.4, -0.2) is 31.6 Å². The number of rotatable bonds is 4. The molecule has 2 aromatic rings. The highest BCUT2D eigenvalue weighted by Crippen LogP contribution is 2.35. The lowest BCUT2D eigenvalue weighted by molar-refractivity contribution is 0.601. The number of halogens is 2. The molecule has 2 heterocycles. The lowest BCUT2D eigenvalue weighted by Crippen LogP contribution is -2.19. The predicted molar refractivity (Wildman–Crippen MR) is 108 cm³/mol. The topological polar surface area (TPSA) is 61.8 Å². The second-order valence-corrected chi connectivity index (χ2v) is 9.03. The molecule has 0 saturated carbocycles. The van der Waals surface area contributed by atoms with Gasteiger partial charge in [-0.25, -0.2) is 8.42 Å². The van der Waals surface area contributed by atoms with Crippen LogP contribution in [0.2, 0.25) is 10.0 Å². The summed E-state index contributed by atoms with van der Waals surface area (Å²) in [5.41, 5.74) is 2.58. The van der Waals surface area contributed by atoms with E-state index in [4.69, 9.17) is 23.2 Å². The molecule has 2 aromatic carbocycles. The Morgan fingerprint density at radius 3 is 2.58 bits per heavy atom. The van der Waals surface area contributed by atoms with Crippen molar-refractivity contribution in [3.05, 3.63) is 63.5 Å². The molecule has 0 spiro atoms. The monoisotopic (exact) mass is 425 g/mol. The van der Waals surface area contributed by atoms with Gasteiger partial charge < -0.3 is 4.90 Å². The van der Waals surface area contributed by atoms with Gasteiger partial charge >= 0.3 is 0 Å². The highest BCUT2D eigenvalue weighted by molar-refractivity contribution is 8.16. The van der Waals surface area contributed by atoms with E-state index in [1.165, 1.54) is 18.2 Å². The van der Waals surface area contributed by atoms with Gasteiger partial charge in [0.1, 0.15) is 0 Å². The van der Waals surface area contributed by atoms with E-state index in [0.717, 1.165) is 29.5 Å². The average Bonchev–Trinajstić information content (AvgIpc) is 3.21. The third kappa shape index (κ3) is 3.32. The third-order valence-corrected chi connectivity index (χ3v) is 7.02. The Kier molecular flexibility index (Phi) is 4.64. The number of nitrogens with zero attached hydrogens (tertiary/aromatic N) is 2. The quantitative estimate of drug-likeness (QED) is 0.782. The molecule has 0 radical (unpaired) electrons. The third-order valence-electron chi connectivity index (χ3n) is 4.00. The summed E-state index contributed by atoms with van der Waals surface area (Å²) in [5.74, 6) is 0. The number of nitrogens with one attached hydrogen (secondary N) is 1. The van der Waals surface area contributed by atoms with Crippen LogP contribution in [0.1, 0.15) is 5.56 Å². The van der Waals surface area contributed by atoms with E-state index in [9.17, 15) is 8.42 Å². The average molecular weight is 426 g/mol. The zero-order chi connectivity index (χ0) is 18.3. The molecule has 1 N–H and O–H groups in total. The summed E-state index contributed by atoms with van der Waals surface area (Å²) >= 11 is 13.4. The molecule has 0 amide bonds. The van der Waals surface area contributed by atoms with Crippen LogP contribution in [-0.2, 0) is 10.0 Å². The Morgan fingerprint density at radius 1 is 1.08 bits per heavy atom. The smallest absolute Gasteiger partial charge is 0.261 e. The Morgan fingerprint density at radius 2 is 1.85 bits per heavy atom. The van der Waals surface area contributed by atoms with Crippen molar-refractivity contribution in [3.63, 3.8) is 0 Å². The van der Waals surface area contributed by atoms with Crippen LogP contribution >= 0.6 is 35.0 Å². The molecule has 0 atom stereocenters. The molecule has 4 rings (SSSR count). The highest BCUT2D eigenvalue weighted by atomic mass is 35.5. The Bertz CT molecular complexity index is 1030. The first-order chi connectivity index (χ1) is 12.4. The van der Waals surface area contributed by atoms with Crippen molar-refractivity contribution < 1.29 is 8.42 Å². The zero-order valence-electron chi connectivity index (χ0n) is 13.3. The molecule has 0 fully saturated rings. The van der Waals surface area contributed by atoms with Gasteiger partial charge in [0.2, 0.25) is 0 Å². The van der Waals surface area contributed by atoms with E-state index in [0.29, 0.717) is 10.7 Å². The Labute approximate surface area is 165 Å². The molecular weight excluding hydrogens is 413 g/mol. The second kappa shape index (κ2) is 6.81. The number of benzene rings is 2. The summed E-state index contributed by atoms with van der Waals surface area (Å²) in [6.45, 7) is 1.68. The lowest BCUT2D eigenvalue weighted by atomic mass is 10.1. The first kappa shape index (κ1) is 17.7. The number of hydrogen-bond acceptors (Lipinski definition) is 5. The van der Waals surface area contributed by atoms with Gasteiger partial charge in [-0.1, -0.05) is 47.1 Å². The van der Waals surface area contributed by atoms with Crippen molar-refractivity contribution in [1.82, 2.24) is 4.90 Å². The van der Waals surface area contributed by atoms with Crippen molar-refractivity contribution in [1.29, 1.82) is 0 Å². The number of anilines is 1. The number of fused-ring (bicyclic) bond motifs is 1. The number of amidine groups is 1. The molecule has 26 heavy (non-hydrogen) atoms. The van der Waals surface area contributed by atoms with Crippen molar-refractivity contribution in [2.75, 3.05) is 17.8 Å². The molecule has 0 saturated heterocycles. The molecule has 0 unspecified atom stereocenters. The van der Waals surface area contributed by atoms with Crippen LogP contribution in [0.5, 0.6) is 0 Å². The van der Waals surface area contributed by atoms with Crippen LogP contribution < -0.4 is 4.72 Å². The molecule has 2 aliphatic heterocycles. The minimum Gasteiger partial charge on any atom is -0.318 e. The van der Waals surface area contributed by atoms with Gasteiger partial charge in [-0.3, -0.25) is 9.71 Å². The van der Waals surface area contributed by atoms with Gasteiger partial charge in [0.25, 0.3) is 10.0 Å².